The van der Waals surface area contributed by atoms with E-state index in [0.717, 1.165) is 42.8 Å². The number of benzene rings is 2. The lowest BCUT2D eigenvalue weighted by atomic mass is 9.95. The summed E-state index contributed by atoms with van der Waals surface area (Å²) in [6.07, 6.45) is 2.87. The van der Waals surface area contributed by atoms with Crippen LogP contribution in [0.3, 0.4) is 0 Å². The van der Waals surface area contributed by atoms with Gasteiger partial charge in [0.1, 0.15) is 11.6 Å². The van der Waals surface area contributed by atoms with Crippen LogP contribution in [0.4, 0.5) is 4.39 Å². The van der Waals surface area contributed by atoms with Crippen molar-refractivity contribution in [3.8, 4) is 5.75 Å². The van der Waals surface area contributed by atoms with Gasteiger partial charge in [-0.2, -0.15) is 4.31 Å². The number of hydrogen-bond acceptors (Lipinski definition) is 4. The summed E-state index contributed by atoms with van der Waals surface area (Å²) in [7, 11) is -3.68. The van der Waals surface area contributed by atoms with E-state index in [1.807, 2.05) is 36.1 Å². The molecule has 0 N–H and O–H groups in total. The normalized spacial score (nSPS) is 20.4. The van der Waals surface area contributed by atoms with Crippen LogP contribution in [0.25, 0.3) is 0 Å². The number of piperidine rings is 1. The van der Waals surface area contributed by atoms with E-state index >= 15 is 0 Å². The first-order valence-corrected chi connectivity index (χ1v) is 12.6. The number of rotatable bonds is 6. The molecule has 2 saturated heterocycles. The van der Waals surface area contributed by atoms with E-state index in [4.69, 9.17) is 4.74 Å². The summed E-state index contributed by atoms with van der Waals surface area (Å²) in [5, 5.41) is 0. The van der Waals surface area contributed by atoms with E-state index in [1.54, 1.807) is 0 Å². The van der Waals surface area contributed by atoms with Crippen LogP contribution in [0.15, 0.2) is 53.4 Å². The Hall–Kier alpha value is -2.45. The Balaban J connectivity index is 1.39. The molecule has 8 heteroatoms. The van der Waals surface area contributed by atoms with E-state index in [1.165, 1.54) is 16.4 Å². The number of hydrogen-bond donors (Lipinski definition) is 0. The van der Waals surface area contributed by atoms with Gasteiger partial charge in [0.2, 0.25) is 15.9 Å². The van der Waals surface area contributed by atoms with Crippen LogP contribution in [0.2, 0.25) is 0 Å². The molecule has 1 atom stereocenters. The lowest BCUT2D eigenvalue weighted by Crippen LogP contribution is -2.44. The molecule has 0 spiro atoms. The Morgan fingerprint density at radius 3 is 2.28 bits per heavy atom. The van der Waals surface area contributed by atoms with Gasteiger partial charge in [-0.25, -0.2) is 12.8 Å². The molecule has 0 bridgehead atoms. The van der Waals surface area contributed by atoms with Gasteiger partial charge in [0.05, 0.1) is 17.5 Å². The molecule has 6 nitrogen and oxygen atoms in total. The van der Waals surface area contributed by atoms with Crippen molar-refractivity contribution in [3.05, 3.63) is 59.9 Å². The number of likely N-dealkylation sites (tertiary alicyclic amines) is 1. The van der Waals surface area contributed by atoms with Crippen molar-refractivity contribution >= 4 is 15.9 Å². The molecule has 0 aromatic heterocycles. The fourth-order valence-corrected chi connectivity index (χ4v) is 6.13. The average Bonchev–Trinajstić information content (AvgIpc) is 3.30. The zero-order chi connectivity index (χ0) is 22.7. The monoisotopic (exact) mass is 460 g/mol. The summed E-state index contributed by atoms with van der Waals surface area (Å²) in [4.78, 5) is 15.4. The van der Waals surface area contributed by atoms with Gasteiger partial charge in [0, 0.05) is 25.6 Å². The average molecular weight is 461 g/mol. The van der Waals surface area contributed by atoms with Crippen molar-refractivity contribution in [1.82, 2.24) is 9.21 Å². The molecule has 0 radical (unpaired) electrons. The highest BCUT2D eigenvalue weighted by Crippen LogP contribution is 2.35. The quantitative estimate of drug-likeness (QED) is 0.654. The maximum absolute atomic E-state index is 13.3. The molecule has 32 heavy (non-hydrogen) atoms. The summed E-state index contributed by atoms with van der Waals surface area (Å²) in [5.41, 5.74) is 1.11. The van der Waals surface area contributed by atoms with Crippen molar-refractivity contribution in [2.75, 3.05) is 26.2 Å². The van der Waals surface area contributed by atoms with E-state index in [9.17, 15) is 17.6 Å². The van der Waals surface area contributed by atoms with Crippen LogP contribution in [-0.2, 0) is 14.8 Å². The number of nitrogens with zero attached hydrogens (tertiary/aromatic N) is 2. The minimum atomic E-state index is -3.68. The van der Waals surface area contributed by atoms with Crippen molar-refractivity contribution in [2.45, 2.75) is 43.5 Å². The van der Waals surface area contributed by atoms with Gasteiger partial charge in [-0.1, -0.05) is 12.1 Å². The first kappa shape index (κ1) is 22.7. The highest BCUT2D eigenvalue weighted by molar-refractivity contribution is 7.89. The third-order valence-electron chi connectivity index (χ3n) is 6.37. The van der Waals surface area contributed by atoms with E-state index in [2.05, 4.69) is 0 Å². The number of carbonyl (C=O) groups is 1. The third-order valence-corrected chi connectivity index (χ3v) is 8.28. The van der Waals surface area contributed by atoms with Crippen molar-refractivity contribution in [2.24, 2.45) is 5.92 Å². The second kappa shape index (κ2) is 9.58. The standard InChI is InChI=1S/C24H29FN2O4S/c1-2-31-21-9-5-18(6-10-21)23-4-3-15-27(23)24(28)19-13-16-26(17-14-19)32(29,30)22-11-7-20(25)8-12-22/h5-12,19,23H,2-4,13-17H2,1H3/t23-/m1/s1. The molecule has 2 aliphatic rings. The summed E-state index contributed by atoms with van der Waals surface area (Å²) in [6.45, 7) is 3.87. The van der Waals surface area contributed by atoms with Crippen LogP contribution < -0.4 is 4.74 Å². The van der Waals surface area contributed by atoms with Crippen molar-refractivity contribution in [3.63, 3.8) is 0 Å². The number of carbonyl (C=O) groups excluding carboxylic acids is 1. The van der Waals surface area contributed by atoms with Crippen LogP contribution >= 0.6 is 0 Å². The zero-order valence-corrected chi connectivity index (χ0v) is 19.1. The van der Waals surface area contributed by atoms with Crippen LogP contribution in [0.1, 0.15) is 44.2 Å². The number of halogens is 1. The molecule has 172 valence electrons. The third kappa shape index (κ3) is 4.66. The van der Waals surface area contributed by atoms with Gasteiger partial charge in [-0.05, 0) is 74.6 Å². The summed E-state index contributed by atoms with van der Waals surface area (Å²) in [5.74, 6) is 0.279. The molecule has 2 aliphatic heterocycles. The maximum Gasteiger partial charge on any atom is 0.243 e. The SMILES string of the molecule is CCOc1ccc([C@H]2CCCN2C(=O)C2CCN(S(=O)(=O)c3ccc(F)cc3)CC2)cc1. The Bertz CT molecular complexity index is 1030. The zero-order valence-electron chi connectivity index (χ0n) is 18.2. The topological polar surface area (TPSA) is 66.9 Å². The fourth-order valence-electron chi connectivity index (χ4n) is 4.66. The Kier molecular flexibility index (Phi) is 6.81. The number of ether oxygens (including phenoxy) is 1. The molecule has 4 rings (SSSR count). The Morgan fingerprint density at radius 1 is 1.00 bits per heavy atom. The molecule has 2 aromatic carbocycles. The predicted molar refractivity (Wildman–Crippen MR) is 119 cm³/mol. The molecule has 2 fully saturated rings. The molecule has 1 amide bonds. The number of sulfonamides is 1. The van der Waals surface area contributed by atoms with Crippen LogP contribution in [-0.4, -0.2) is 49.8 Å². The van der Waals surface area contributed by atoms with Crippen LogP contribution in [0.5, 0.6) is 5.75 Å². The molecule has 0 unspecified atom stereocenters. The Morgan fingerprint density at radius 2 is 1.66 bits per heavy atom. The molecular weight excluding hydrogens is 431 g/mol. The molecule has 2 heterocycles. The first-order chi connectivity index (χ1) is 15.4. The lowest BCUT2D eigenvalue weighted by Gasteiger charge is -2.34. The lowest BCUT2D eigenvalue weighted by molar-refractivity contribution is -0.137. The van der Waals surface area contributed by atoms with Crippen LogP contribution in [0, 0.1) is 11.7 Å². The van der Waals surface area contributed by atoms with E-state index in [0.29, 0.717) is 19.4 Å². The highest BCUT2D eigenvalue weighted by Gasteiger charge is 2.37. The van der Waals surface area contributed by atoms with E-state index in [-0.39, 0.29) is 35.9 Å². The minimum Gasteiger partial charge on any atom is -0.494 e. The second-order valence-corrected chi connectivity index (χ2v) is 10.3. The van der Waals surface area contributed by atoms with Gasteiger partial charge >= 0.3 is 0 Å². The fraction of sp³-hybridized carbons (Fsp3) is 0.458. The summed E-state index contributed by atoms with van der Waals surface area (Å²) in [6, 6.07) is 12.9. The molecule has 0 aliphatic carbocycles. The maximum atomic E-state index is 13.3. The number of amides is 1. The minimum absolute atomic E-state index is 0.0548. The second-order valence-electron chi connectivity index (χ2n) is 8.32. The van der Waals surface area contributed by atoms with Gasteiger partial charge in [-0.15, -0.1) is 0 Å². The van der Waals surface area contributed by atoms with Gasteiger partial charge in [-0.3, -0.25) is 4.79 Å². The highest BCUT2D eigenvalue weighted by atomic mass is 32.2. The molecule has 2 aromatic rings. The van der Waals surface area contributed by atoms with Gasteiger partial charge < -0.3 is 9.64 Å². The largest absolute Gasteiger partial charge is 0.494 e. The first-order valence-electron chi connectivity index (χ1n) is 11.2. The van der Waals surface area contributed by atoms with Gasteiger partial charge in [0.15, 0.2) is 0 Å². The van der Waals surface area contributed by atoms with Crippen molar-refractivity contribution < 1.29 is 22.3 Å². The van der Waals surface area contributed by atoms with E-state index < -0.39 is 15.8 Å². The van der Waals surface area contributed by atoms with Crippen molar-refractivity contribution in [1.29, 1.82) is 0 Å². The Labute approximate surface area is 189 Å². The predicted octanol–water partition coefficient (Wildman–Crippen LogP) is 3.99. The summed E-state index contributed by atoms with van der Waals surface area (Å²) < 4.78 is 45.8. The summed E-state index contributed by atoms with van der Waals surface area (Å²) >= 11 is 0. The molecule has 0 saturated carbocycles. The molecular formula is C24H29FN2O4S. The smallest absolute Gasteiger partial charge is 0.243 e. The van der Waals surface area contributed by atoms with Gasteiger partial charge in [0.25, 0.3) is 0 Å².